The molecule has 1 fully saturated rings. The summed E-state index contributed by atoms with van der Waals surface area (Å²) in [6, 6.07) is 5.68. The van der Waals surface area contributed by atoms with E-state index in [0.717, 1.165) is 32.1 Å². The molecule has 3 rings (SSSR count). The van der Waals surface area contributed by atoms with E-state index < -0.39 is 11.7 Å². The summed E-state index contributed by atoms with van der Waals surface area (Å²) in [6.45, 7) is 0. The molecule has 0 bridgehead atoms. The average Bonchev–Trinajstić information content (AvgIpc) is 2.74. The van der Waals surface area contributed by atoms with Gasteiger partial charge in [-0.2, -0.15) is 18.4 Å². The van der Waals surface area contributed by atoms with Gasteiger partial charge in [0.1, 0.15) is 6.10 Å². The normalized spacial score (nSPS) is 24.7. The summed E-state index contributed by atoms with van der Waals surface area (Å²) in [5.41, 5.74) is -0.938. The van der Waals surface area contributed by atoms with Gasteiger partial charge >= 0.3 is 6.18 Å². The molecule has 2 atom stereocenters. The van der Waals surface area contributed by atoms with Gasteiger partial charge in [-0.25, -0.2) is 0 Å². The molecule has 1 heterocycles. The molecule has 0 radical (unpaired) electrons. The zero-order chi connectivity index (χ0) is 15.7. The van der Waals surface area contributed by atoms with E-state index >= 15 is 0 Å². The van der Waals surface area contributed by atoms with Crippen molar-refractivity contribution in [1.29, 1.82) is 5.26 Å². The minimum absolute atomic E-state index is 0.0130. The third kappa shape index (κ3) is 2.56. The van der Waals surface area contributed by atoms with Crippen LogP contribution in [-0.4, -0.2) is 11.8 Å². The molecule has 1 aliphatic carbocycles. The van der Waals surface area contributed by atoms with Crippen molar-refractivity contribution in [3.05, 3.63) is 34.9 Å². The van der Waals surface area contributed by atoms with Crippen LogP contribution in [0.5, 0.6) is 0 Å². The second-order valence-corrected chi connectivity index (χ2v) is 5.70. The Bertz CT molecular complexity index is 646. The average molecular weight is 308 g/mol. The number of oxime groups is 1. The van der Waals surface area contributed by atoms with Gasteiger partial charge in [-0.1, -0.05) is 30.1 Å². The van der Waals surface area contributed by atoms with Crippen LogP contribution in [0.1, 0.15) is 48.8 Å². The van der Waals surface area contributed by atoms with Crippen LogP contribution in [0.4, 0.5) is 13.2 Å². The van der Waals surface area contributed by atoms with Gasteiger partial charge in [-0.3, -0.25) is 0 Å². The van der Waals surface area contributed by atoms with Crippen LogP contribution in [0.3, 0.4) is 0 Å². The molecule has 1 aliphatic heterocycles. The lowest BCUT2D eigenvalue weighted by molar-refractivity contribution is -0.137. The highest BCUT2D eigenvalue weighted by Crippen LogP contribution is 2.39. The number of halogens is 3. The molecule has 0 saturated heterocycles. The second-order valence-electron chi connectivity index (χ2n) is 5.70. The lowest BCUT2D eigenvalue weighted by Gasteiger charge is -2.18. The van der Waals surface area contributed by atoms with Crippen molar-refractivity contribution in [3.63, 3.8) is 0 Å². The van der Waals surface area contributed by atoms with Gasteiger partial charge in [0.05, 0.1) is 22.9 Å². The SMILES string of the molecule is N#Cc1cccc(C2=NOC3CCCCCC23)c1C(F)(F)F. The van der Waals surface area contributed by atoms with E-state index in [-0.39, 0.29) is 23.1 Å². The van der Waals surface area contributed by atoms with E-state index in [9.17, 15) is 13.2 Å². The Labute approximate surface area is 126 Å². The maximum atomic E-state index is 13.4. The maximum absolute atomic E-state index is 13.4. The lowest BCUT2D eigenvalue weighted by Crippen LogP contribution is -2.25. The van der Waals surface area contributed by atoms with Crippen molar-refractivity contribution in [3.8, 4) is 6.07 Å². The molecule has 2 unspecified atom stereocenters. The van der Waals surface area contributed by atoms with Crippen molar-refractivity contribution in [1.82, 2.24) is 0 Å². The van der Waals surface area contributed by atoms with Gasteiger partial charge in [-0.05, 0) is 25.3 Å². The minimum Gasteiger partial charge on any atom is -0.392 e. The van der Waals surface area contributed by atoms with Gasteiger partial charge in [-0.15, -0.1) is 0 Å². The standard InChI is InChI=1S/C16H15F3N2O/c17-16(18,19)14-10(9-20)5-4-7-12(14)15-11-6-2-1-3-8-13(11)22-21-15/h4-5,7,11,13H,1-3,6,8H2. The summed E-state index contributed by atoms with van der Waals surface area (Å²) >= 11 is 0. The number of fused-ring (bicyclic) bond motifs is 1. The Morgan fingerprint density at radius 2 is 1.95 bits per heavy atom. The fraction of sp³-hybridized carbons (Fsp3) is 0.500. The van der Waals surface area contributed by atoms with Gasteiger partial charge in [0.25, 0.3) is 0 Å². The number of nitriles is 1. The van der Waals surface area contributed by atoms with E-state index in [4.69, 9.17) is 10.1 Å². The zero-order valence-electron chi connectivity index (χ0n) is 11.9. The predicted octanol–water partition coefficient (Wildman–Crippen LogP) is 4.26. The molecule has 1 saturated carbocycles. The quantitative estimate of drug-likeness (QED) is 0.778. The van der Waals surface area contributed by atoms with Gasteiger partial charge in [0.15, 0.2) is 0 Å². The molecule has 1 aromatic carbocycles. The first-order valence-electron chi connectivity index (χ1n) is 7.36. The minimum atomic E-state index is -4.59. The number of benzene rings is 1. The van der Waals surface area contributed by atoms with Crippen molar-refractivity contribution in [2.45, 2.75) is 44.4 Å². The molecular formula is C16H15F3N2O. The fourth-order valence-electron chi connectivity index (χ4n) is 3.32. The number of hydrogen-bond acceptors (Lipinski definition) is 3. The Balaban J connectivity index is 2.07. The monoisotopic (exact) mass is 308 g/mol. The second kappa shape index (κ2) is 5.64. The van der Waals surface area contributed by atoms with E-state index in [1.807, 2.05) is 0 Å². The zero-order valence-corrected chi connectivity index (χ0v) is 11.9. The topological polar surface area (TPSA) is 45.4 Å². The van der Waals surface area contributed by atoms with Gasteiger partial charge in [0, 0.05) is 11.5 Å². The Hall–Kier alpha value is -2.03. The number of alkyl halides is 3. The molecular weight excluding hydrogens is 293 g/mol. The number of nitrogens with zero attached hydrogens (tertiary/aromatic N) is 2. The van der Waals surface area contributed by atoms with Crippen LogP contribution >= 0.6 is 0 Å². The molecule has 0 N–H and O–H groups in total. The Morgan fingerprint density at radius 1 is 1.18 bits per heavy atom. The number of hydrogen-bond donors (Lipinski definition) is 0. The molecule has 3 nitrogen and oxygen atoms in total. The van der Waals surface area contributed by atoms with E-state index in [2.05, 4.69) is 5.16 Å². The van der Waals surface area contributed by atoms with Crippen molar-refractivity contribution < 1.29 is 18.0 Å². The first-order valence-corrected chi connectivity index (χ1v) is 7.36. The van der Waals surface area contributed by atoms with Gasteiger partial charge in [0.2, 0.25) is 0 Å². The number of rotatable bonds is 1. The van der Waals surface area contributed by atoms with E-state index in [1.54, 1.807) is 6.07 Å². The molecule has 22 heavy (non-hydrogen) atoms. The molecule has 1 aromatic rings. The van der Waals surface area contributed by atoms with E-state index in [1.165, 1.54) is 18.2 Å². The molecule has 2 aliphatic rings. The summed E-state index contributed by atoms with van der Waals surface area (Å²) in [6.07, 6.45) is -0.100. The third-order valence-corrected chi connectivity index (χ3v) is 4.33. The molecule has 0 aromatic heterocycles. The van der Waals surface area contributed by atoms with Crippen molar-refractivity contribution in [2.75, 3.05) is 0 Å². The van der Waals surface area contributed by atoms with Crippen molar-refractivity contribution in [2.24, 2.45) is 11.1 Å². The smallest absolute Gasteiger partial charge is 0.392 e. The lowest BCUT2D eigenvalue weighted by atomic mass is 9.86. The summed E-state index contributed by atoms with van der Waals surface area (Å²) in [4.78, 5) is 5.38. The van der Waals surface area contributed by atoms with Crippen LogP contribution in [0, 0.1) is 17.2 Å². The largest absolute Gasteiger partial charge is 0.418 e. The van der Waals surface area contributed by atoms with Crippen LogP contribution in [-0.2, 0) is 11.0 Å². The molecule has 0 amide bonds. The summed E-state index contributed by atoms with van der Waals surface area (Å²) in [7, 11) is 0. The Morgan fingerprint density at radius 3 is 2.68 bits per heavy atom. The predicted molar refractivity (Wildman–Crippen MR) is 74.1 cm³/mol. The fourth-order valence-corrected chi connectivity index (χ4v) is 3.32. The van der Waals surface area contributed by atoms with E-state index in [0.29, 0.717) is 5.71 Å². The molecule has 0 spiro atoms. The van der Waals surface area contributed by atoms with Gasteiger partial charge < -0.3 is 4.84 Å². The van der Waals surface area contributed by atoms with Crippen LogP contribution in [0.25, 0.3) is 0 Å². The highest BCUT2D eigenvalue weighted by atomic mass is 19.4. The summed E-state index contributed by atoms with van der Waals surface area (Å²) in [5.74, 6) is -0.113. The Kier molecular flexibility index (Phi) is 3.81. The highest BCUT2D eigenvalue weighted by molar-refractivity contribution is 6.04. The first kappa shape index (κ1) is 14.9. The van der Waals surface area contributed by atoms with Crippen molar-refractivity contribution >= 4 is 5.71 Å². The highest BCUT2D eigenvalue weighted by Gasteiger charge is 2.42. The van der Waals surface area contributed by atoms with Crippen LogP contribution < -0.4 is 0 Å². The molecule has 116 valence electrons. The summed E-state index contributed by atoms with van der Waals surface area (Å²) < 4.78 is 40.2. The molecule has 6 heteroatoms. The maximum Gasteiger partial charge on any atom is 0.418 e. The first-order chi connectivity index (χ1) is 10.5. The third-order valence-electron chi connectivity index (χ3n) is 4.33. The van der Waals surface area contributed by atoms with Crippen LogP contribution in [0.15, 0.2) is 23.4 Å². The summed E-state index contributed by atoms with van der Waals surface area (Å²) in [5, 5.41) is 13.0. The van der Waals surface area contributed by atoms with Crippen LogP contribution in [0.2, 0.25) is 0 Å².